The number of aryl methyl sites for hydroxylation is 1. The Balaban J connectivity index is 3.09. The molecule has 0 aliphatic carbocycles. The standard InChI is InChI=1S/C9H13FS/c1-7-6-8(10)4-5-9(7)11(2)3/h4-6,11H,1-3H3. The molecule has 62 valence electrons. The highest BCUT2D eigenvalue weighted by molar-refractivity contribution is 8.15. The lowest BCUT2D eigenvalue weighted by Gasteiger charge is -2.12. The minimum Gasteiger partial charge on any atom is -0.232 e. The van der Waals surface area contributed by atoms with Crippen molar-refractivity contribution in [2.45, 2.75) is 11.8 Å². The zero-order chi connectivity index (χ0) is 8.43. The minimum atomic E-state index is -0.136. The molecule has 0 atom stereocenters. The van der Waals surface area contributed by atoms with Crippen molar-refractivity contribution >= 4 is 10.9 Å². The van der Waals surface area contributed by atoms with Gasteiger partial charge in [0.25, 0.3) is 0 Å². The molecule has 0 unspecified atom stereocenters. The van der Waals surface area contributed by atoms with Gasteiger partial charge < -0.3 is 0 Å². The second kappa shape index (κ2) is 3.26. The lowest BCUT2D eigenvalue weighted by Crippen LogP contribution is -1.85. The zero-order valence-electron chi connectivity index (χ0n) is 7.06. The second-order valence-corrected chi connectivity index (χ2v) is 5.10. The summed E-state index contributed by atoms with van der Waals surface area (Å²) in [6.45, 7) is 1.96. The van der Waals surface area contributed by atoms with Gasteiger partial charge in [-0.05, 0) is 48.1 Å². The molecule has 0 N–H and O–H groups in total. The molecule has 0 radical (unpaired) electrons. The van der Waals surface area contributed by atoms with Crippen molar-refractivity contribution in [1.82, 2.24) is 0 Å². The third kappa shape index (κ3) is 1.96. The molecule has 0 saturated heterocycles. The summed E-state index contributed by atoms with van der Waals surface area (Å²) in [7, 11) is -0.0955. The summed E-state index contributed by atoms with van der Waals surface area (Å²) in [5.41, 5.74) is 1.07. The van der Waals surface area contributed by atoms with Crippen molar-refractivity contribution < 1.29 is 4.39 Å². The molecule has 0 nitrogen and oxygen atoms in total. The van der Waals surface area contributed by atoms with Crippen LogP contribution in [0.5, 0.6) is 0 Å². The van der Waals surface area contributed by atoms with E-state index in [4.69, 9.17) is 0 Å². The predicted octanol–water partition coefficient (Wildman–Crippen LogP) is 2.75. The molecule has 0 fully saturated rings. The Bertz CT molecular complexity index is 256. The van der Waals surface area contributed by atoms with Gasteiger partial charge in [0, 0.05) is 0 Å². The van der Waals surface area contributed by atoms with Crippen molar-refractivity contribution in [2.24, 2.45) is 0 Å². The summed E-state index contributed by atoms with van der Waals surface area (Å²) in [5.74, 6) is -0.136. The van der Waals surface area contributed by atoms with Crippen LogP contribution in [-0.4, -0.2) is 12.5 Å². The normalized spacial score (nSPS) is 11.5. The zero-order valence-corrected chi connectivity index (χ0v) is 7.95. The summed E-state index contributed by atoms with van der Waals surface area (Å²) in [6.07, 6.45) is 4.35. The van der Waals surface area contributed by atoms with Crippen molar-refractivity contribution in [3.05, 3.63) is 29.6 Å². The Kier molecular flexibility index (Phi) is 2.55. The fourth-order valence-corrected chi connectivity index (χ4v) is 2.26. The Hall–Kier alpha value is -0.500. The molecule has 1 aromatic rings. The summed E-state index contributed by atoms with van der Waals surface area (Å²) in [4.78, 5) is 1.29. The summed E-state index contributed by atoms with van der Waals surface area (Å²) in [6, 6.07) is 5.01. The van der Waals surface area contributed by atoms with Crippen LogP contribution in [0.25, 0.3) is 0 Å². The first-order chi connectivity index (χ1) is 5.11. The molecule has 0 aliphatic heterocycles. The maximum absolute atomic E-state index is 12.6. The fourth-order valence-electron chi connectivity index (χ4n) is 1.12. The van der Waals surface area contributed by atoms with Crippen LogP contribution in [0.15, 0.2) is 23.1 Å². The number of hydrogen-bond donors (Lipinski definition) is 1. The van der Waals surface area contributed by atoms with Gasteiger partial charge in [-0.15, -0.1) is 0 Å². The molecule has 1 aromatic carbocycles. The van der Waals surface area contributed by atoms with E-state index >= 15 is 0 Å². The highest BCUT2D eigenvalue weighted by Gasteiger charge is 2.00. The highest BCUT2D eigenvalue weighted by Crippen LogP contribution is 2.31. The maximum atomic E-state index is 12.6. The van der Waals surface area contributed by atoms with Gasteiger partial charge in [-0.3, -0.25) is 0 Å². The van der Waals surface area contributed by atoms with Crippen LogP contribution in [0.3, 0.4) is 0 Å². The first kappa shape index (κ1) is 8.60. The Labute approximate surface area is 69.8 Å². The van der Waals surface area contributed by atoms with E-state index in [1.807, 2.05) is 13.0 Å². The van der Waals surface area contributed by atoms with E-state index in [-0.39, 0.29) is 16.7 Å². The lowest BCUT2D eigenvalue weighted by atomic mass is 10.2. The second-order valence-electron chi connectivity index (χ2n) is 2.83. The van der Waals surface area contributed by atoms with E-state index in [9.17, 15) is 4.39 Å². The smallest absolute Gasteiger partial charge is 0.123 e. The van der Waals surface area contributed by atoms with Crippen LogP contribution >= 0.6 is 10.9 Å². The van der Waals surface area contributed by atoms with Crippen molar-refractivity contribution in [3.63, 3.8) is 0 Å². The van der Waals surface area contributed by atoms with E-state index in [2.05, 4.69) is 12.5 Å². The fraction of sp³-hybridized carbons (Fsp3) is 0.333. The average molecular weight is 172 g/mol. The summed E-state index contributed by atoms with van der Waals surface area (Å²) in [5, 5.41) is 0. The monoisotopic (exact) mass is 172 g/mol. The van der Waals surface area contributed by atoms with Crippen LogP contribution in [0.1, 0.15) is 5.56 Å². The number of rotatable bonds is 1. The molecule has 11 heavy (non-hydrogen) atoms. The summed E-state index contributed by atoms with van der Waals surface area (Å²) < 4.78 is 12.6. The Morgan fingerprint density at radius 1 is 1.27 bits per heavy atom. The number of halogens is 1. The van der Waals surface area contributed by atoms with Crippen LogP contribution in [-0.2, 0) is 0 Å². The highest BCUT2D eigenvalue weighted by atomic mass is 32.2. The van der Waals surface area contributed by atoms with Gasteiger partial charge in [0.1, 0.15) is 5.82 Å². The molecule has 0 bridgehead atoms. The van der Waals surface area contributed by atoms with Gasteiger partial charge >= 0.3 is 0 Å². The van der Waals surface area contributed by atoms with Crippen LogP contribution in [0.2, 0.25) is 0 Å². The van der Waals surface area contributed by atoms with Crippen molar-refractivity contribution in [1.29, 1.82) is 0 Å². The lowest BCUT2D eigenvalue weighted by molar-refractivity contribution is 0.625. The number of hydrogen-bond acceptors (Lipinski definition) is 0. The Morgan fingerprint density at radius 2 is 1.91 bits per heavy atom. The van der Waals surface area contributed by atoms with Gasteiger partial charge in [0.15, 0.2) is 0 Å². The third-order valence-electron chi connectivity index (χ3n) is 1.64. The van der Waals surface area contributed by atoms with E-state index in [1.54, 1.807) is 6.07 Å². The molecule has 1 rings (SSSR count). The average Bonchev–Trinajstić information content (AvgIpc) is 1.85. The first-order valence-electron chi connectivity index (χ1n) is 3.55. The largest absolute Gasteiger partial charge is 0.232 e. The molecule has 0 saturated carbocycles. The molecule has 0 amide bonds. The number of thiol groups is 1. The molecule has 0 aromatic heterocycles. The molecular weight excluding hydrogens is 159 g/mol. The quantitative estimate of drug-likeness (QED) is 0.619. The molecule has 0 heterocycles. The predicted molar refractivity (Wildman–Crippen MR) is 50.2 cm³/mol. The van der Waals surface area contributed by atoms with Gasteiger partial charge in [-0.25, -0.2) is 15.3 Å². The first-order valence-corrected chi connectivity index (χ1v) is 5.78. The van der Waals surface area contributed by atoms with E-state index in [0.29, 0.717) is 0 Å². The molecular formula is C9H13FS. The van der Waals surface area contributed by atoms with E-state index in [1.165, 1.54) is 11.0 Å². The third-order valence-corrected chi connectivity index (χ3v) is 3.11. The maximum Gasteiger partial charge on any atom is 0.123 e. The molecule has 2 heteroatoms. The van der Waals surface area contributed by atoms with Crippen molar-refractivity contribution in [2.75, 3.05) is 12.5 Å². The SMILES string of the molecule is Cc1cc(F)ccc1[SH](C)C. The summed E-state index contributed by atoms with van der Waals surface area (Å²) >= 11 is 0. The van der Waals surface area contributed by atoms with Gasteiger partial charge in [0.05, 0.1) is 0 Å². The van der Waals surface area contributed by atoms with Gasteiger partial charge in [-0.2, -0.15) is 0 Å². The van der Waals surface area contributed by atoms with Gasteiger partial charge in [-0.1, -0.05) is 0 Å². The molecule has 0 spiro atoms. The van der Waals surface area contributed by atoms with Gasteiger partial charge in [0.2, 0.25) is 0 Å². The van der Waals surface area contributed by atoms with Crippen LogP contribution < -0.4 is 0 Å². The van der Waals surface area contributed by atoms with Crippen LogP contribution in [0, 0.1) is 12.7 Å². The van der Waals surface area contributed by atoms with Crippen LogP contribution in [0.4, 0.5) is 4.39 Å². The van der Waals surface area contributed by atoms with E-state index < -0.39 is 0 Å². The molecule has 0 aliphatic rings. The Morgan fingerprint density at radius 3 is 2.36 bits per heavy atom. The number of benzene rings is 1. The minimum absolute atomic E-state index is 0.0955. The van der Waals surface area contributed by atoms with Crippen molar-refractivity contribution in [3.8, 4) is 0 Å². The van der Waals surface area contributed by atoms with E-state index in [0.717, 1.165) is 5.56 Å². The topological polar surface area (TPSA) is 0 Å².